The Labute approximate surface area is 194 Å². The van der Waals surface area contributed by atoms with Crippen LogP contribution in [0, 0.1) is 6.92 Å². The molecular weight excluding hydrogens is 434 g/mol. The summed E-state index contributed by atoms with van der Waals surface area (Å²) in [5.74, 6) is 0.549. The molecule has 5 aromatic rings. The summed E-state index contributed by atoms with van der Waals surface area (Å²) in [4.78, 5) is 29.9. The second-order valence-corrected chi connectivity index (χ2v) is 9.55. The summed E-state index contributed by atoms with van der Waals surface area (Å²) >= 11 is 1.37. The predicted octanol–water partition coefficient (Wildman–Crippen LogP) is 5.00. The first kappa shape index (κ1) is 21.5. The lowest BCUT2D eigenvalue weighted by Crippen LogP contribution is -2.23. The van der Waals surface area contributed by atoms with Crippen molar-refractivity contribution >= 4 is 45.1 Å². The van der Waals surface area contributed by atoms with Gasteiger partial charge in [0.2, 0.25) is 5.78 Å². The molecule has 0 saturated carbocycles. The molecule has 1 atom stereocenters. The van der Waals surface area contributed by atoms with E-state index in [-0.39, 0.29) is 16.6 Å². The molecule has 7 nitrogen and oxygen atoms in total. The number of carbonyl (C=O) groups is 1. The van der Waals surface area contributed by atoms with Crippen molar-refractivity contribution in [3.8, 4) is 0 Å². The number of hydrogen-bond donors (Lipinski definition) is 1. The molecule has 3 heterocycles. The number of rotatable bonds is 7. The van der Waals surface area contributed by atoms with Gasteiger partial charge in [-0.15, -0.1) is 10.2 Å². The van der Waals surface area contributed by atoms with Crippen LogP contribution in [0.1, 0.15) is 42.7 Å². The smallest absolute Gasteiger partial charge is 0.262 e. The molecule has 1 N–H and O–H groups in total. The standard InChI is InChI=1S/C25H25N5O2S/c1-4-5-14-29-23(32)18-11-7-9-13-20(18)30-24(29)27-28-25(30)33-16(3)22(31)21-15(2)26-19-12-8-6-10-17(19)21/h6-13,16,26H,4-5,14H2,1-3H3. The maximum Gasteiger partial charge on any atom is 0.262 e. The van der Waals surface area contributed by atoms with Crippen molar-refractivity contribution in [3.05, 3.63) is 70.1 Å². The van der Waals surface area contributed by atoms with Crippen LogP contribution in [0.3, 0.4) is 0 Å². The third-order valence-electron chi connectivity index (χ3n) is 6.00. The number of unbranched alkanes of at least 4 members (excludes halogenated alkanes) is 1. The molecular formula is C25H25N5O2S. The topological polar surface area (TPSA) is 85.0 Å². The summed E-state index contributed by atoms with van der Waals surface area (Å²) in [6.45, 7) is 6.49. The van der Waals surface area contributed by atoms with Crippen LogP contribution >= 0.6 is 11.8 Å². The number of para-hydroxylation sites is 2. The molecule has 0 spiro atoms. The van der Waals surface area contributed by atoms with Crippen molar-refractivity contribution in [3.63, 3.8) is 0 Å². The molecule has 0 bridgehead atoms. The van der Waals surface area contributed by atoms with E-state index in [1.807, 2.05) is 66.8 Å². The van der Waals surface area contributed by atoms with E-state index >= 15 is 0 Å². The van der Waals surface area contributed by atoms with Crippen LogP contribution < -0.4 is 5.56 Å². The van der Waals surface area contributed by atoms with E-state index in [0.717, 1.165) is 35.0 Å². The minimum atomic E-state index is -0.384. The highest BCUT2D eigenvalue weighted by Gasteiger charge is 2.25. The zero-order valence-electron chi connectivity index (χ0n) is 18.8. The van der Waals surface area contributed by atoms with Crippen molar-refractivity contribution in [1.29, 1.82) is 0 Å². The van der Waals surface area contributed by atoms with Gasteiger partial charge in [-0.2, -0.15) is 0 Å². The molecule has 0 aliphatic heterocycles. The summed E-state index contributed by atoms with van der Waals surface area (Å²) in [7, 11) is 0. The van der Waals surface area contributed by atoms with E-state index in [0.29, 0.717) is 28.4 Å². The third-order valence-corrected chi connectivity index (χ3v) is 7.05. The molecule has 0 aliphatic carbocycles. The van der Waals surface area contributed by atoms with E-state index in [9.17, 15) is 9.59 Å². The summed E-state index contributed by atoms with van der Waals surface area (Å²) < 4.78 is 3.60. The number of thioether (sulfide) groups is 1. The van der Waals surface area contributed by atoms with Crippen molar-refractivity contribution in [2.24, 2.45) is 0 Å². The number of aryl methyl sites for hydroxylation is 2. The molecule has 1 unspecified atom stereocenters. The quantitative estimate of drug-likeness (QED) is 0.274. The molecule has 8 heteroatoms. The van der Waals surface area contributed by atoms with E-state index in [1.165, 1.54) is 11.8 Å². The number of H-pyrrole nitrogens is 1. The van der Waals surface area contributed by atoms with Crippen LogP contribution in [0.4, 0.5) is 0 Å². The highest BCUT2D eigenvalue weighted by molar-refractivity contribution is 8.00. The zero-order chi connectivity index (χ0) is 23.1. The average Bonchev–Trinajstić information content (AvgIpc) is 3.38. The first-order chi connectivity index (χ1) is 16.0. The van der Waals surface area contributed by atoms with Gasteiger partial charge in [0.15, 0.2) is 10.9 Å². The minimum absolute atomic E-state index is 0.0373. The van der Waals surface area contributed by atoms with Crippen LogP contribution in [0.2, 0.25) is 0 Å². The van der Waals surface area contributed by atoms with Gasteiger partial charge < -0.3 is 4.98 Å². The van der Waals surface area contributed by atoms with Crippen molar-refractivity contribution < 1.29 is 4.79 Å². The lowest BCUT2D eigenvalue weighted by molar-refractivity contribution is 0.0995. The lowest BCUT2D eigenvalue weighted by Gasteiger charge is -2.13. The Balaban J connectivity index is 1.59. The molecule has 0 amide bonds. The van der Waals surface area contributed by atoms with E-state index in [1.54, 1.807) is 4.57 Å². The Morgan fingerprint density at radius 2 is 1.82 bits per heavy atom. The fourth-order valence-corrected chi connectivity index (χ4v) is 5.25. The van der Waals surface area contributed by atoms with Crippen LogP contribution in [-0.2, 0) is 6.54 Å². The molecule has 168 valence electrons. The Morgan fingerprint density at radius 3 is 2.61 bits per heavy atom. The van der Waals surface area contributed by atoms with Crippen LogP contribution in [0.5, 0.6) is 0 Å². The summed E-state index contributed by atoms with van der Waals surface area (Å²) in [5, 5.41) is 10.5. The van der Waals surface area contributed by atoms with Crippen LogP contribution in [0.25, 0.3) is 27.6 Å². The van der Waals surface area contributed by atoms with Gasteiger partial charge in [0.1, 0.15) is 0 Å². The van der Waals surface area contributed by atoms with Gasteiger partial charge >= 0.3 is 0 Å². The van der Waals surface area contributed by atoms with Crippen LogP contribution in [0.15, 0.2) is 58.5 Å². The fraction of sp³-hybridized carbons (Fsp3) is 0.280. The number of fused-ring (bicyclic) bond motifs is 4. The maximum absolute atomic E-state index is 13.5. The number of nitrogens with one attached hydrogen (secondary N) is 1. The molecule has 3 aromatic heterocycles. The van der Waals surface area contributed by atoms with Gasteiger partial charge in [-0.25, -0.2) is 0 Å². The highest BCUT2D eigenvalue weighted by Crippen LogP contribution is 2.30. The molecule has 0 saturated heterocycles. The number of benzene rings is 2. The monoisotopic (exact) mass is 459 g/mol. The fourth-order valence-electron chi connectivity index (χ4n) is 4.34. The normalized spacial score (nSPS) is 12.7. The Hall–Kier alpha value is -3.39. The molecule has 0 fully saturated rings. The molecule has 33 heavy (non-hydrogen) atoms. The Kier molecular flexibility index (Phi) is 5.54. The maximum atomic E-state index is 13.5. The number of Topliss-reactive ketones (excluding diaryl/α,β-unsaturated/α-hetero) is 1. The highest BCUT2D eigenvalue weighted by atomic mass is 32.2. The van der Waals surface area contributed by atoms with Gasteiger partial charge in [0.25, 0.3) is 5.56 Å². The second-order valence-electron chi connectivity index (χ2n) is 8.24. The van der Waals surface area contributed by atoms with Crippen LogP contribution in [-0.4, -0.2) is 35.2 Å². The molecule has 0 radical (unpaired) electrons. The van der Waals surface area contributed by atoms with Gasteiger partial charge in [0, 0.05) is 28.7 Å². The van der Waals surface area contributed by atoms with Gasteiger partial charge in [0.05, 0.1) is 16.2 Å². The van der Waals surface area contributed by atoms with E-state index < -0.39 is 0 Å². The molecule has 2 aromatic carbocycles. The molecule has 5 rings (SSSR count). The first-order valence-electron chi connectivity index (χ1n) is 11.2. The summed E-state index contributed by atoms with van der Waals surface area (Å²) in [6.07, 6.45) is 1.84. The van der Waals surface area contributed by atoms with Gasteiger partial charge in [-0.3, -0.25) is 18.6 Å². The van der Waals surface area contributed by atoms with E-state index in [4.69, 9.17) is 0 Å². The summed E-state index contributed by atoms with van der Waals surface area (Å²) in [5.41, 5.74) is 3.21. The van der Waals surface area contributed by atoms with Crippen molar-refractivity contribution in [2.45, 2.75) is 50.6 Å². The Bertz CT molecular complexity index is 1560. The van der Waals surface area contributed by atoms with Crippen molar-refractivity contribution in [1.82, 2.24) is 24.1 Å². The van der Waals surface area contributed by atoms with Gasteiger partial charge in [-0.1, -0.05) is 55.4 Å². The van der Waals surface area contributed by atoms with E-state index in [2.05, 4.69) is 22.1 Å². The number of carbonyl (C=O) groups excluding carboxylic acids is 1. The number of ketones is 1. The number of aromatic nitrogens is 5. The first-order valence-corrected chi connectivity index (χ1v) is 12.0. The number of nitrogens with zero attached hydrogens (tertiary/aromatic N) is 4. The Morgan fingerprint density at radius 1 is 1.09 bits per heavy atom. The number of aromatic amines is 1. The summed E-state index contributed by atoms with van der Waals surface area (Å²) in [6, 6.07) is 15.3. The largest absolute Gasteiger partial charge is 0.358 e. The molecule has 0 aliphatic rings. The van der Waals surface area contributed by atoms with Crippen molar-refractivity contribution in [2.75, 3.05) is 0 Å². The predicted molar refractivity (Wildman–Crippen MR) is 132 cm³/mol. The third kappa shape index (κ3) is 3.54. The zero-order valence-corrected chi connectivity index (χ0v) is 19.6. The SMILES string of the molecule is CCCCn1c(=O)c2ccccc2n2c(SC(C)C(=O)c3c(C)[nH]c4ccccc34)nnc12. The average molecular weight is 460 g/mol. The minimum Gasteiger partial charge on any atom is -0.358 e. The van der Waals surface area contributed by atoms with Gasteiger partial charge in [-0.05, 0) is 38.5 Å². The lowest BCUT2D eigenvalue weighted by atomic mass is 10.1. The second kappa shape index (κ2) is 8.51. The number of hydrogen-bond acceptors (Lipinski definition) is 5.